The lowest BCUT2D eigenvalue weighted by Gasteiger charge is -2.38. The molecule has 2 N–H and O–H groups in total. The number of hydrogen-bond donors (Lipinski definition) is 2. The highest BCUT2D eigenvalue weighted by Gasteiger charge is 2.42. The summed E-state index contributed by atoms with van der Waals surface area (Å²) in [6, 6.07) is 10.3. The second kappa shape index (κ2) is 10.8. The number of halogens is 1. The van der Waals surface area contributed by atoms with Gasteiger partial charge in [0.05, 0.1) is 19.9 Å². The van der Waals surface area contributed by atoms with Crippen LogP contribution in [0.15, 0.2) is 36.5 Å². The van der Waals surface area contributed by atoms with Crippen molar-refractivity contribution in [3.63, 3.8) is 0 Å². The number of nitrogens with zero attached hydrogens (tertiary/aromatic N) is 2. The summed E-state index contributed by atoms with van der Waals surface area (Å²) in [5, 5.41) is 6.96. The van der Waals surface area contributed by atoms with E-state index >= 15 is 4.39 Å². The van der Waals surface area contributed by atoms with Gasteiger partial charge in [0.25, 0.3) is 0 Å². The van der Waals surface area contributed by atoms with E-state index in [-0.39, 0.29) is 0 Å². The van der Waals surface area contributed by atoms with Crippen LogP contribution in [0.3, 0.4) is 0 Å². The third kappa shape index (κ3) is 6.13. The topological polar surface area (TPSA) is 58.7 Å². The summed E-state index contributed by atoms with van der Waals surface area (Å²) < 4.78 is 26.2. The average molecular weight is 483 g/mol. The number of ether oxygens (including phenoxy) is 2. The molecular weight excluding hydrogens is 443 g/mol. The minimum absolute atomic E-state index is 0.347. The second-order valence-corrected chi connectivity index (χ2v) is 10.6. The van der Waals surface area contributed by atoms with Gasteiger partial charge in [0.1, 0.15) is 17.2 Å². The first-order valence-corrected chi connectivity index (χ1v) is 13.1. The molecule has 2 saturated heterocycles. The fraction of sp³-hybridized carbons (Fsp3) is 0.607. The molecule has 1 aromatic heterocycles. The molecule has 0 bridgehead atoms. The minimum atomic E-state index is -1.08. The lowest BCUT2D eigenvalue weighted by atomic mass is 9.91. The molecule has 2 atom stereocenters. The predicted molar refractivity (Wildman–Crippen MR) is 137 cm³/mol. The molecule has 190 valence electrons. The monoisotopic (exact) mass is 482 g/mol. The van der Waals surface area contributed by atoms with Gasteiger partial charge in [-0.1, -0.05) is 6.07 Å². The van der Waals surface area contributed by atoms with E-state index in [0.29, 0.717) is 31.3 Å². The first-order chi connectivity index (χ1) is 17.0. The van der Waals surface area contributed by atoms with Crippen LogP contribution in [0, 0.1) is 5.92 Å². The van der Waals surface area contributed by atoms with Crippen LogP contribution in [0.2, 0.25) is 0 Å². The van der Waals surface area contributed by atoms with Gasteiger partial charge in [-0.15, -0.1) is 0 Å². The van der Waals surface area contributed by atoms with Crippen molar-refractivity contribution in [3.8, 4) is 22.8 Å². The van der Waals surface area contributed by atoms with Crippen LogP contribution in [-0.4, -0.2) is 75.1 Å². The Morgan fingerprint density at radius 2 is 1.80 bits per heavy atom. The highest BCUT2D eigenvalue weighted by Crippen LogP contribution is 2.42. The summed E-state index contributed by atoms with van der Waals surface area (Å²) in [4.78, 5) is 7.18. The van der Waals surface area contributed by atoms with E-state index in [2.05, 4.69) is 21.6 Å². The van der Waals surface area contributed by atoms with Crippen molar-refractivity contribution in [2.24, 2.45) is 5.92 Å². The number of likely N-dealkylation sites (tertiary alicyclic amines) is 1. The molecule has 35 heavy (non-hydrogen) atoms. The maximum Gasteiger partial charge on any atom is 0.125 e. The molecule has 1 aliphatic carbocycles. The summed E-state index contributed by atoms with van der Waals surface area (Å²) in [5.41, 5.74) is 1.98. The van der Waals surface area contributed by atoms with E-state index in [1.165, 1.54) is 18.4 Å². The first-order valence-electron chi connectivity index (χ1n) is 13.1. The number of methoxy groups -OCH3 is 2. The summed E-state index contributed by atoms with van der Waals surface area (Å²) in [7, 11) is 3.30. The molecule has 1 saturated carbocycles. The van der Waals surface area contributed by atoms with E-state index in [4.69, 9.17) is 14.5 Å². The highest BCUT2D eigenvalue weighted by atomic mass is 19.1. The van der Waals surface area contributed by atoms with Crippen LogP contribution < -0.4 is 20.1 Å². The zero-order valence-corrected chi connectivity index (χ0v) is 21.1. The Balaban J connectivity index is 1.09. The van der Waals surface area contributed by atoms with Crippen molar-refractivity contribution in [3.05, 3.63) is 42.1 Å². The molecule has 0 amide bonds. The quantitative estimate of drug-likeness (QED) is 0.563. The van der Waals surface area contributed by atoms with Crippen LogP contribution >= 0.6 is 0 Å². The second-order valence-electron chi connectivity index (χ2n) is 10.6. The summed E-state index contributed by atoms with van der Waals surface area (Å²) >= 11 is 0. The first kappa shape index (κ1) is 24.5. The third-order valence-corrected chi connectivity index (χ3v) is 8.06. The van der Waals surface area contributed by atoms with Gasteiger partial charge in [-0.3, -0.25) is 4.98 Å². The fourth-order valence-corrected chi connectivity index (χ4v) is 5.60. The van der Waals surface area contributed by atoms with Gasteiger partial charge in [-0.2, -0.15) is 0 Å². The molecule has 3 heterocycles. The number of pyridine rings is 1. The predicted octanol–water partition coefficient (Wildman–Crippen LogP) is 4.02. The molecule has 1 aromatic carbocycles. The lowest BCUT2D eigenvalue weighted by molar-refractivity contribution is 0.0484. The van der Waals surface area contributed by atoms with Crippen LogP contribution in [0.4, 0.5) is 4.39 Å². The number of hydrogen-bond acceptors (Lipinski definition) is 6. The van der Waals surface area contributed by atoms with Crippen molar-refractivity contribution >= 4 is 0 Å². The molecule has 3 fully saturated rings. The van der Waals surface area contributed by atoms with Gasteiger partial charge in [-0.25, -0.2) is 4.39 Å². The largest absolute Gasteiger partial charge is 0.497 e. The van der Waals surface area contributed by atoms with Crippen molar-refractivity contribution in [2.75, 3.05) is 53.5 Å². The Kier molecular flexibility index (Phi) is 7.56. The average Bonchev–Trinajstić information content (AvgIpc) is 3.69. The molecule has 6 nitrogen and oxygen atoms in total. The molecular formula is C28H39FN4O2. The Morgan fingerprint density at radius 3 is 2.43 bits per heavy atom. The molecule has 3 aliphatic rings. The van der Waals surface area contributed by atoms with E-state index in [1.807, 2.05) is 30.5 Å². The molecule has 2 aliphatic heterocycles. The minimum Gasteiger partial charge on any atom is -0.497 e. The van der Waals surface area contributed by atoms with Crippen molar-refractivity contribution in [1.82, 2.24) is 20.5 Å². The maximum atomic E-state index is 15.5. The number of nitrogens with one attached hydrogen (secondary N) is 2. The van der Waals surface area contributed by atoms with E-state index in [9.17, 15) is 0 Å². The molecule has 5 rings (SSSR count). The standard InChI is InChI=1S/C28H39FN4O2/c1-34-23-13-22(14-24(15-23)35-2)26-4-3-21(17-31-26)25-16-27(25)32-19-28(29)7-11-33(12-8-28)18-20-5-9-30-10-6-20/h3-4,13-15,17,20,25,27,30,32H,5-12,16,18-19H2,1-2H3. The van der Waals surface area contributed by atoms with Crippen LogP contribution in [0.5, 0.6) is 11.5 Å². The summed E-state index contributed by atoms with van der Waals surface area (Å²) in [5.74, 6) is 2.68. The zero-order chi connectivity index (χ0) is 24.3. The molecule has 0 radical (unpaired) electrons. The van der Waals surface area contributed by atoms with Crippen LogP contribution in [0.1, 0.15) is 43.6 Å². The van der Waals surface area contributed by atoms with Gasteiger partial charge in [0.15, 0.2) is 0 Å². The molecule has 0 spiro atoms. The van der Waals surface area contributed by atoms with Gasteiger partial charge in [-0.05, 0) is 74.9 Å². The molecule has 7 heteroatoms. The number of rotatable bonds is 9. The van der Waals surface area contributed by atoms with E-state index < -0.39 is 5.67 Å². The normalized spacial score (nSPS) is 24.8. The Morgan fingerprint density at radius 1 is 1.09 bits per heavy atom. The van der Waals surface area contributed by atoms with Crippen molar-refractivity contribution in [1.29, 1.82) is 0 Å². The summed E-state index contributed by atoms with van der Waals surface area (Å²) in [6.45, 7) is 5.64. The van der Waals surface area contributed by atoms with Gasteiger partial charge < -0.3 is 25.0 Å². The van der Waals surface area contributed by atoms with Crippen molar-refractivity contribution < 1.29 is 13.9 Å². The molecule has 2 unspecified atom stereocenters. The van der Waals surface area contributed by atoms with Crippen LogP contribution in [0.25, 0.3) is 11.3 Å². The fourth-order valence-electron chi connectivity index (χ4n) is 5.60. The molecule has 2 aromatic rings. The maximum absolute atomic E-state index is 15.5. The van der Waals surface area contributed by atoms with E-state index in [1.54, 1.807) is 14.2 Å². The van der Waals surface area contributed by atoms with Crippen molar-refractivity contribution in [2.45, 2.75) is 49.7 Å². The smallest absolute Gasteiger partial charge is 0.125 e. The zero-order valence-electron chi connectivity index (χ0n) is 21.1. The number of aromatic nitrogens is 1. The lowest BCUT2D eigenvalue weighted by Crippen LogP contribution is -2.49. The SMILES string of the molecule is COc1cc(OC)cc(-c2ccc(C3CC3NCC3(F)CCN(CC4CCNCC4)CC3)cn2)c1. The summed E-state index contributed by atoms with van der Waals surface area (Å²) in [6.07, 6.45) is 6.80. The number of alkyl halides is 1. The van der Waals surface area contributed by atoms with Gasteiger partial charge in [0, 0.05) is 56.0 Å². The van der Waals surface area contributed by atoms with Gasteiger partial charge in [0.2, 0.25) is 0 Å². The highest BCUT2D eigenvalue weighted by molar-refractivity contribution is 5.64. The third-order valence-electron chi connectivity index (χ3n) is 8.06. The van der Waals surface area contributed by atoms with Crippen LogP contribution in [-0.2, 0) is 0 Å². The van der Waals surface area contributed by atoms with Gasteiger partial charge >= 0.3 is 0 Å². The number of benzene rings is 1. The Labute approximate surface area is 208 Å². The Hall–Kier alpha value is -2.22. The Bertz CT molecular complexity index is 949. The number of piperidine rings is 2. The van der Waals surface area contributed by atoms with E-state index in [0.717, 1.165) is 67.8 Å².